The molecule has 1 heterocycles. The first-order chi connectivity index (χ1) is 11.1. The van der Waals surface area contributed by atoms with Gasteiger partial charge in [-0.1, -0.05) is 31.2 Å². The molecule has 1 aliphatic rings. The summed E-state index contributed by atoms with van der Waals surface area (Å²) in [4.78, 5) is 7.36. The molecule has 0 saturated carbocycles. The Morgan fingerprint density at radius 2 is 1.91 bits per heavy atom. The van der Waals surface area contributed by atoms with E-state index < -0.39 is 0 Å². The van der Waals surface area contributed by atoms with Crippen LogP contribution in [-0.2, 0) is 13.0 Å². The van der Waals surface area contributed by atoms with Crippen LogP contribution >= 0.6 is 0 Å². The molecule has 1 aromatic rings. The highest BCUT2D eigenvalue weighted by Crippen LogP contribution is 2.25. The second kappa shape index (κ2) is 8.34. The summed E-state index contributed by atoms with van der Waals surface area (Å²) in [5, 5.41) is 6.71. The molecule has 0 unspecified atom stereocenters. The van der Waals surface area contributed by atoms with Crippen molar-refractivity contribution >= 4 is 5.96 Å². The predicted molar refractivity (Wildman–Crippen MR) is 98.9 cm³/mol. The van der Waals surface area contributed by atoms with E-state index in [2.05, 4.69) is 67.5 Å². The van der Waals surface area contributed by atoms with Crippen molar-refractivity contribution in [2.24, 2.45) is 4.99 Å². The molecule has 0 saturated heterocycles. The average molecular weight is 316 g/mol. The summed E-state index contributed by atoms with van der Waals surface area (Å²) in [5.41, 5.74) is 3.02. The van der Waals surface area contributed by atoms with Gasteiger partial charge in [-0.15, -0.1) is 0 Å². The van der Waals surface area contributed by atoms with E-state index in [0.717, 1.165) is 51.5 Å². The highest BCUT2D eigenvalue weighted by molar-refractivity contribution is 5.79. The number of nitrogens with one attached hydrogen (secondary N) is 2. The molecule has 4 nitrogen and oxygen atoms in total. The van der Waals surface area contributed by atoms with Crippen LogP contribution in [0.15, 0.2) is 29.3 Å². The summed E-state index contributed by atoms with van der Waals surface area (Å²) < 4.78 is 0. The molecule has 0 aromatic heterocycles. The number of hydrogen-bond donors (Lipinski definition) is 2. The molecule has 2 rings (SSSR count). The summed E-state index contributed by atoms with van der Waals surface area (Å²) in [6, 6.07) is 8.81. The Morgan fingerprint density at radius 1 is 1.17 bits per heavy atom. The van der Waals surface area contributed by atoms with Crippen LogP contribution in [0.4, 0.5) is 0 Å². The third-order valence-electron chi connectivity index (χ3n) is 4.50. The molecule has 0 atom stereocenters. The van der Waals surface area contributed by atoms with Gasteiger partial charge in [0.15, 0.2) is 5.96 Å². The summed E-state index contributed by atoms with van der Waals surface area (Å²) >= 11 is 0. The largest absolute Gasteiger partial charge is 0.357 e. The standard InChI is InChI=1S/C19H32N4/c1-5-12-21-18(20-6-2)22-15-19(3,4)23-13-11-16-9-7-8-10-17(16)14-23/h7-10H,5-6,11-15H2,1-4H3,(H2,20,21,22). The Morgan fingerprint density at radius 3 is 2.61 bits per heavy atom. The Kier molecular flexibility index (Phi) is 6.46. The van der Waals surface area contributed by atoms with Gasteiger partial charge in [0, 0.05) is 31.7 Å². The fraction of sp³-hybridized carbons (Fsp3) is 0.632. The molecule has 1 aliphatic heterocycles. The summed E-state index contributed by atoms with van der Waals surface area (Å²) in [7, 11) is 0. The SMILES string of the molecule is CCCNC(=NCC(C)(C)N1CCc2ccccc2C1)NCC. The van der Waals surface area contributed by atoms with Crippen molar-refractivity contribution < 1.29 is 0 Å². The molecule has 0 amide bonds. The lowest BCUT2D eigenvalue weighted by atomic mass is 9.94. The minimum Gasteiger partial charge on any atom is -0.357 e. The lowest BCUT2D eigenvalue weighted by Gasteiger charge is -2.40. The lowest BCUT2D eigenvalue weighted by Crippen LogP contribution is -2.49. The predicted octanol–water partition coefficient (Wildman–Crippen LogP) is 2.79. The van der Waals surface area contributed by atoms with Crippen LogP contribution in [-0.4, -0.2) is 42.6 Å². The molecule has 2 N–H and O–H groups in total. The van der Waals surface area contributed by atoms with E-state index in [1.807, 2.05) is 0 Å². The molecule has 0 fully saturated rings. The maximum atomic E-state index is 4.81. The van der Waals surface area contributed by atoms with Crippen molar-refractivity contribution in [1.82, 2.24) is 15.5 Å². The van der Waals surface area contributed by atoms with Crippen molar-refractivity contribution in [1.29, 1.82) is 0 Å². The number of benzene rings is 1. The highest BCUT2D eigenvalue weighted by Gasteiger charge is 2.29. The van der Waals surface area contributed by atoms with E-state index in [1.165, 1.54) is 11.1 Å². The Labute approximate surface area is 141 Å². The Balaban J connectivity index is 2.00. The first kappa shape index (κ1) is 17.8. The second-order valence-corrected chi connectivity index (χ2v) is 6.87. The normalized spacial score (nSPS) is 16.1. The van der Waals surface area contributed by atoms with E-state index in [1.54, 1.807) is 0 Å². The minimum absolute atomic E-state index is 0.0576. The topological polar surface area (TPSA) is 39.7 Å². The van der Waals surface area contributed by atoms with Crippen molar-refractivity contribution in [3.05, 3.63) is 35.4 Å². The van der Waals surface area contributed by atoms with E-state index in [0.29, 0.717) is 0 Å². The fourth-order valence-corrected chi connectivity index (χ4v) is 2.97. The van der Waals surface area contributed by atoms with E-state index >= 15 is 0 Å². The van der Waals surface area contributed by atoms with Crippen LogP contribution in [0.5, 0.6) is 0 Å². The smallest absolute Gasteiger partial charge is 0.191 e. The van der Waals surface area contributed by atoms with Crippen LogP contribution in [0.1, 0.15) is 45.2 Å². The molecule has 4 heteroatoms. The molecule has 1 aromatic carbocycles. The zero-order valence-corrected chi connectivity index (χ0v) is 15.2. The van der Waals surface area contributed by atoms with Crippen LogP contribution in [0.3, 0.4) is 0 Å². The third-order valence-corrected chi connectivity index (χ3v) is 4.50. The van der Waals surface area contributed by atoms with Crippen molar-refractivity contribution in [3.63, 3.8) is 0 Å². The maximum Gasteiger partial charge on any atom is 0.191 e. The summed E-state index contributed by atoms with van der Waals surface area (Å²) in [6.45, 7) is 13.7. The van der Waals surface area contributed by atoms with Gasteiger partial charge in [-0.3, -0.25) is 9.89 Å². The van der Waals surface area contributed by atoms with Gasteiger partial charge in [-0.05, 0) is 44.7 Å². The molecular weight excluding hydrogens is 284 g/mol. The lowest BCUT2D eigenvalue weighted by molar-refractivity contribution is 0.111. The van der Waals surface area contributed by atoms with Gasteiger partial charge in [0.1, 0.15) is 0 Å². The van der Waals surface area contributed by atoms with Gasteiger partial charge >= 0.3 is 0 Å². The second-order valence-electron chi connectivity index (χ2n) is 6.87. The third kappa shape index (κ3) is 4.96. The molecule has 0 aliphatic carbocycles. The first-order valence-electron chi connectivity index (χ1n) is 8.91. The number of fused-ring (bicyclic) bond motifs is 1. The molecular formula is C19H32N4. The zero-order chi connectivity index (χ0) is 16.7. The summed E-state index contributed by atoms with van der Waals surface area (Å²) in [5.74, 6) is 0.930. The number of nitrogens with zero attached hydrogens (tertiary/aromatic N) is 2. The van der Waals surface area contributed by atoms with Gasteiger partial charge in [0.05, 0.1) is 6.54 Å². The molecule has 23 heavy (non-hydrogen) atoms. The van der Waals surface area contributed by atoms with Crippen LogP contribution in [0.25, 0.3) is 0 Å². The van der Waals surface area contributed by atoms with Crippen LogP contribution < -0.4 is 10.6 Å². The van der Waals surface area contributed by atoms with Gasteiger partial charge in [-0.2, -0.15) is 0 Å². The van der Waals surface area contributed by atoms with Crippen molar-refractivity contribution in [3.8, 4) is 0 Å². The quantitative estimate of drug-likeness (QED) is 0.626. The number of hydrogen-bond acceptors (Lipinski definition) is 2. The van der Waals surface area contributed by atoms with E-state index in [4.69, 9.17) is 4.99 Å². The van der Waals surface area contributed by atoms with Crippen molar-refractivity contribution in [2.45, 2.75) is 52.6 Å². The van der Waals surface area contributed by atoms with Gasteiger partial charge in [0.2, 0.25) is 0 Å². The summed E-state index contributed by atoms with van der Waals surface area (Å²) in [6.07, 6.45) is 2.24. The number of aliphatic imine (C=N–C) groups is 1. The van der Waals surface area contributed by atoms with Crippen LogP contribution in [0.2, 0.25) is 0 Å². The molecule has 0 radical (unpaired) electrons. The molecule has 0 spiro atoms. The van der Waals surface area contributed by atoms with Gasteiger partial charge in [0.25, 0.3) is 0 Å². The average Bonchev–Trinajstić information content (AvgIpc) is 2.57. The zero-order valence-electron chi connectivity index (χ0n) is 15.2. The Bertz CT molecular complexity index is 522. The molecule has 0 bridgehead atoms. The molecule has 128 valence electrons. The van der Waals surface area contributed by atoms with Crippen molar-refractivity contribution in [2.75, 3.05) is 26.2 Å². The number of guanidine groups is 1. The number of rotatable bonds is 6. The van der Waals surface area contributed by atoms with Gasteiger partial charge in [-0.25, -0.2) is 0 Å². The fourth-order valence-electron chi connectivity index (χ4n) is 2.97. The van der Waals surface area contributed by atoms with Crippen LogP contribution in [0, 0.1) is 0 Å². The van der Waals surface area contributed by atoms with E-state index in [9.17, 15) is 0 Å². The Hall–Kier alpha value is -1.55. The van der Waals surface area contributed by atoms with E-state index in [-0.39, 0.29) is 5.54 Å². The highest BCUT2D eigenvalue weighted by atomic mass is 15.2. The first-order valence-corrected chi connectivity index (χ1v) is 8.91. The van der Waals surface area contributed by atoms with Gasteiger partial charge < -0.3 is 10.6 Å². The minimum atomic E-state index is 0.0576. The monoisotopic (exact) mass is 316 g/mol. The maximum absolute atomic E-state index is 4.81.